The number of sulfone groups is 1. The third-order valence-electron chi connectivity index (χ3n) is 2.64. The van der Waals surface area contributed by atoms with Crippen LogP contribution in [0, 0.1) is 5.92 Å². The maximum Gasteiger partial charge on any atom is 0.303 e. The number of aromatic nitrogens is 1. The second kappa shape index (κ2) is 6.51. The van der Waals surface area contributed by atoms with Crippen LogP contribution in [0.2, 0.25) is 0 Å². The molecule has 0 fully saturated rings. The van der Waals surface area contributed by atoms with E-state index in [0.717, 1.165) is 6.26 Å². The summed E-state index contributed by atoms with van der Waals surface area (Å²) in [4.78, 5) is 14.6. The Morgan fingerprint density at radius 1 is 1.53 bits per heavy atom. The van der Waals surface area contributed by atoms with Gasteiger partial charge in [-0.15, -0.1) is 0 Å². The van der Waals surface area contributed by atoms with Gasteiger partial charge in [0.25, 0.3) is 0 Å². The number of hydrogen-bond donors (Lipinski definition) is 2. The predicted octanol–water partition coefficient (Wildman–Crippen LogP) is 1.40. The van der Waals surface area contributed by atoms with Gasteiger partial charge in [0.1, 0.15) is 10.7 Å². The van der Waals surface area contributed by atoms with Gasteiger partial charge in [-0.2, -0.15) is 0 Å². The van der Waals surface area contributed by atoms with Crippen LogP contribution in [0.1, 0.15) is 19.8 Å². The van der Waals surface area contributed by atoms with E-state index in [1.54, 1.807) is 6.07 Å². The van der Waals surface area contributed by atoms with Crippen molar-refractivity contribution in [3.05, 3.63) is 18.3 Å². The van der Waals surface area contributed by atoms with Gasteiger partial charge < -0.3 is 10.4 Å². The van der Waals surface area contributed by atoms with Crippen molar-refractivity contribution in [3.63, 3.8) is 0 Å². The second-order valence-corrected chi connectivity index (χ2v) is 6.52. The molecule has 106 valence electrons. The van der Waals surface area contributed by atoms with E-state index < -0.39 is 15.8 Å². The molecule has 1 unspecified atom stereocenters. The number of carboxylic acids is 1. The summed E-state index contributed by atoms with van der Waals surface area (Å²) in [5.41, 5.74) is 0. The van der Waals surface area contributed by atoms with Gasteiger partial charge in [0.05, 0.1) is 0 Å². The zero-order valence-electron chi connectivity index (χ0n) is 11.0. The summed E-state index contributed by atoms with van der Waals surface area (Å²) in [6.45, 7) is 2.38. The van der Waals surface area contributed by atoms with Crippen LogP contribution in [0.4, 0.5) is 5.82 Å². The highest BCUT2D eigenvalue weighted by Crippen LogP contribution is 2.18. The number of aliphatic carboxylic acids is 1. The topological polar surface area (TPSA) is 96.4 Å². The van der Waals surface area contributed by atoms with Gasteiger partial charge in [0.15, 0.2) is 9.84 Å². The first-order chi connectivity index (χ1) is 8.80. The summed E-state index contributed by atoms with van der Waals surface area (Å²) in [7, 11) is -3.33. The van der Waals surface area contributed by atoms with Crippen LogP contribution in [0.15, 0.2) is 23.2 Å². The Labute approximate surface area is 112 Å². The molecule has 0 radical (unpaired) electrons. The standard InChI is InChI=1S/C12H18N2O4S/c1-9(5-6-11(15)16)8-14-12-10(19(2,17)18)4-3-7-13-12/h3-4,7,9H,5-6,8H2,1-2H3,(H,13,14)(H,15,16). The van der Waals surface area contributed by atoms with Gasteiger partial charge in [-0.3, -0.25) is 4.79 Å². The normalized spacial score (nSPS) is 12.9. The highest BCUT2D eigenvalue weighted by atomic mass is 32.2. The second-order valence-electron chi connectivity index (χ2n) is 4.54. The molecule has 0 aliphatic heterocycles. The lowest BCUT2D eigenvalue weighted by molar-refractivity contribution is -0.137. The van der Waals surface area contributed by atoms with E-state index in [0.29, 0.717) is 18.8 Å². The first-order valence-electron chi connectivity index (χ1n) is 5.91. The Morgan fingerprint density at radius 3 is 2.79 bits per heavy atom. The van der Waals surface area contributed by atoms with E-state index in [1.165, 1.54) is 12.3 Å². The zero-order chi connectivity index (χ0) is 14.5. The Kier molecular flexibility index (Phi) is 5.29. The van der Waals surface area contributed by atoms with E-state index in [2.05, 4.69) is 10.3 Å². The average Bonchev–Trinajstić information content (AvgIpc) is 2.33. The Morgan fingerprint density at radius 2 is 2.21 bits per heavy atom. The van der Waals surface area contributed by atoms with Crippen molar-refractivity contribution < 1.29 is 18.3 Å². The molecule has 0 bridgehead atoms. The lowest BCUT2D eigenvalue weighted by Crippen LogP contribution is -2.15. The maximum absolute atomic E-state index is 11.6. The third-order valence-corrected chi connectivity index (χ3v) is 3.77. The molecule has 0 aliphatic rings. The summed E-state index contributed by atoms with van der Waals surface area (Å²) in [5, 5.41) is 11.5. The van der Waals surface area contributed by atoms with Crippen LogP contribution in [-0.4, -0.2) is 37.3 Å². The van der Waals surface area contributed by atoms with Crippen molar-refractivity contribution in [1.82, 2.24) is 4.98 Å². The van der Waals surface area contributed by atoms with Crippen LogP contribution < -0.4 is 5.32 Å². The molecule has 0 saturated carbocycles. The molecule has 2 N–H and O–H groups in total. The molecule has 0 saturated heterocycles. The number of pyridine rings is 1. The molecule has 1 rings (SSSR count). The number of anilines is 1. The maximum atomic E-state index is 11.6. The van der Waals surface area contributed by atoms with Gasteiger partial charge in [-0.1, -0.05) is 6.92 Å². The smallest absolute Gasteiger partial charge is 0.303 e. The summed E-state index contributed by atoms with van der Waals surface area (Å²) >= 11 is 0. The average molecular weight is 286 g/mol. The van der Waals surface area contributed by atoms with Crippen LogP contribution in [0.25, 0.3) is 0 Å². The highest BCUT2D eigenvalue weighted by Gasteiger charge is 2.14. The molecule has 1 aromatic heterocycles. The minimum Gasteiger partial charge on any atom is -0.481 e. The Hall–Kier alpha value is -1.63. The van der Waals surface area contributed by atoms with Gasteiger partial charge in [0.2, 0.25) is 0 Å². The Balaban J connectivity index is 2.66. The largest absolute Gasteiger partial charge is 0.481 e. The van der Waals surface area contributed by atoms with E-state index in [4.69, 9.17) is 5.11 Å². The number of carboxylic acid groups (broad SMARTS) is 1. The monoisotopic (exact) mass is 286 g/mol. The van der Waals surface area contributed by atoms with E-state index in [1.807, 2.05) is 6.92 Å². The molecule has 0 spiro atoms. The van der Waals surface area contributed by atoms with E-state index in [9.17, 15) is 13.2 Å². The van der Waals surface area contributed by atoms with Crippen LogP contribution >= 0.6 is 0 Å². The van der Waals surface area contributed by atoms with Crippen molar-refractivity contribution in [2.45, 2.75) is 24.7 Å². The van der Waals surface area contributed by atoms with E-state index >= 15 is 0 Å². The quantitative estimate of drug-likeness (QED) is 0.786. The van der Waals surface area contributed by atoms with Gasteiger partial charge >= 0.3 is 5.97 Å². The number of carbonyl (C=O) groups is 1. The van der Waals surface area contributed by atoms with Crippen molar-refractivity contribution in [2.75, 3.05) is 18.1 Å². The van der Waals surface area contributed by atoms with Crippen LogP contribution in [-0.2, 0) is 14.6 Å². The van der Waals surface area contributed by atoms with Gasteiger partial charge in [-0.25, -0.2) is 13.4 Å². The summed E-state index contributed by atoms with van der Waals surface area (Å²) in [5.74, 6) is -0.404. The summed E-state index contributed by atoms with van der Waals surface area (Å²) < 4.78 is 23.1. The fourth-order valence-corrected chi connectivity index (χ4v) is 2.37. The first kappa shape index (κ1) is 15.4. The van der Waals surface area contributed by atoms with Crippen molar-refractivity contribution >= 4 is 21.6 Å². The lowest BCUT2D eigenvalue weighted by Gasteiger charge is -2.13. The molecule has 0 amide bonds. The zero-order valence-corrected chi connectivity index (χ0v) is 11.8. The molecule has 7 heteroatoms. The van der Waals surface area contributed by atoms with Crippen molar-refractivity contribution in [2.24, 2.45) is 5.92 Å². The Bertz CT molecular complexity index is 542. The number of hydrogen-bond acceptors (Lipinski definition) is 5. The fraction of sp³-hybridized carbons (Fsp3) is 0.500. The van der Waals surface area contributed by atoms with E-state index in [-0.39, 0.29) is 17.2 Å². The fourth-order valence-electron chi connectivity index (χ4n) is 1.57. The molecule has 0 aromatic carbocycles. The molecule has 0 aliphatic carbocycles. The highest BCUT2D eigenvalue weighted by molar-refractivity contribution is 7.90. The minimum atomic E-state index is -3.33. The van der Waals surface area contributed by atoms with Gasteiger partial charge in [0, 0.05) is 25.4 Å². The van der Waals surface area contributed by atoms with Crippen LogP contribution in [0.5, 0.6) is 0 Å². The number of rotatable bonds is 7. The molecule has 1 heterocycles. The summed E-state index contributed by atoms with van der Waals surface area (Å²) in [6.07, 6.45) is 3.27. The minimum absolute atomic E-state index is 0.101. The molecule has 6 nitrogen and oxygen atoms in total. The molecular weight excluding hydrogens is 268 g/mol. The molecule has 1 atom stereocenters. The molecule has 1 aromatic rings. The summed E-state index contributed by atoms with van der Waals surface area (Å²) in [6, 6.07) is 3.06. The third kappa shape index (κ3) is 5.25. The molecular formula is C12H18N2O4S. The number of nitrogens with zero attached hydrogens (tertiary/aromatic N) is 1. The number of nitrogens with one attached hydrogen (secondary N) is 1. The molecule has 19 heavy (non-hydrogen) atoms. The SMILES string of the molecule is CC(CCC(=O)O)CNc1ncccc1S(C)(=O)=O. The lowest BCUT2D eigenvalue weighted by atomic mass is 10.1. The van der Waals surface area contributed by atoms with Crippen LogP contribution in [0.3, 0.4) is 0 Å². The van der Waals surface area contributed by atoms with Crippen molar-refractivity contribution in [3.8, 4) is 0 Å². The predicted molar refractivity (Wildman–Crippen MR) is 71.9 cm³/mol. The first-order valence-corrected chi connectivity index (χ1v) is 7.80. The van der Waals surface area contributed by atoms with Gasteiger partial charge in [-0.05, 0) is 24.5 Å². The van der Waals surface area contributed by atoms with Crippen molar-refractivity contribution in [1.29, 1.82) is 0 Å².